The lowest BCUT2D eigenvalue weighted by molar-refractivity contribution is 0.0439. The number of carbonyl (C=O) groups is 2. The number of esters is 2. The summed E-state index contributed by atoms with van der Waals surface area (Å²) >= 11 is 17.7. The van der Waals surface area contributed by atoms with Crippen LogP contribution in [-0.4, -0.2) is 19.0 Å². The van der Waals surface area contributed by atoms with Gasteiger partial charge in [0.25, 0.3) is 0 Å². The van der Waals surface area contributed by atoms with E-state index in [1.807, 2.05) is 0 Å². The van der Waals surface area contributed by atoms with Crippen LogP contribution in [0.3, 0.4) is 0 Å². The van der Waals surface area contributed by atoms with Crippen molar-refractivity contribution in [2.75, 3.05) is 7.11 Å². The number of rotatable bonds is 4. The highest BCUT2D eigenvalue weighted by Crippen LogP contribution is 2.32. The first-order valence-electron chi connectivity index (χ1n) is 5.91. The maximum Gasteiger partial charge on any atom is 0.373 e. The van der Waals surface area contributed by atoms with E-state index >= 15 is 0 Å². The number of ether oxygens (including phenoxy) is 2. The summed E-state index contributed by atoms with van der Waals surface area (Å²) in [6.45, 7) is -0.199. The summed E-state index contributed by atoms with van der Waals surface area (Å²) in [6.07, 6.45) is 0. The van der Waals surface area contributed by atoms with Gasteiger partial charge in [-0.3, -0.25) is 0 Å². The highest BCUT2D eigenvalue weighted by atomic mass is 35.5. The lowest BCUT2D eigenvalue weighted by Crippen LogP contribution is -2.07. The van der Waals surface area contributed by atoms with E-state index in [0.717, 1.165) is 0 Å². The molecule has 0 N–H and O–H groups in total. The van der Waals surface area contributed by atoms with Gasteiger partial charge in [0, 0.05) is 0 Å². The van der Waals surface area contributed by atoms with Crippen molar-refractivity contribution in [2.24, 2.45) is 0 Å². The third-order valence-corrected chi connectivity index (χ3v) is 3.76. The zero-order valence-electron chi connectivity index (χ0n) is 11.2. The van der Waals surface area contributed by atoms with Crippen LogP contribution in [0.5, 0.6) is 0 Å². The fourth-order valence-corrected chi connectivity index (χ4v) is 2.27. The summed E-state index contributed by atoms with van der Waals surface area (Å²) in [5.74, 6) is -1.11. The van der Waals surface area contributed by atoms with Gasteiger partial charge in [-0.25, -0.2) is 9.59 Å². The van der Waals surface area contributed by atoms with Crippen LogP contribution in [0.15, 0.2) is 28.7 Å². The van der Waals surface area contributed by atoms with Crippen LogP contribution in [-0.2, 0) is 16.1 Å². The van der Waals surface area contributed by atoms with Crippen molar-refractivity contribution in [3.63, 3.8) is 0 Å². The Bertz CT molecular complexity index is 723. The molecule has 5 nitrogen and oxygen atoms in total. The van der Waals surface area contributed by atoms with E-state index in [1.165, 1.54) is 31.4 Å². The molecule has 0 aliphatic carbocycles. The second kappa shape index (κ2) is 7.05. The zero-order valence-corrected chi connectivity index (χ0v) is 13.5. The van der Waals surface area contributed by atoms with Gasteiger partial charge in [0.15, 0.2) is 0 Å². The Kier molecular flexibility index (Phi) is 5.34. The minimum absolute atomic E-state index is 0.00682. The molecule has 2 aromatic rings. The van der Waals surface area contributed by atoms with Gasteiger partial charge in [0.05, 0.1) is 27.7 Å². The van der Waals surface area contributed by atoms with E-state index in [-0.39, 0.29) is 38.8 Å². The van der Waals surface area contributed by atoms with E-state index < -0.39 is 11.9 Å². The lowest BCUT2D eigenvalue weighted by Gasteiger charge is -2.08. The van der Waals surface area contributed by atoms with E-state index in [1.54, 1.807) is 0 Å². The van der Waals surface area contributed by atoms with Crippen LogP contribution in [0, 0.1) is 0 Å². The van der Waals surface area contributed by atoms with Gasteiger partial charge in [-0.15, -0.1) is 0 Å². The molecule has 0 saturated carbocycles. The lowest BCUT2D eigenvalue weighted by atomic mass is 10.2. The number of hydrogen-bond acceptors (Lipinski definition) is 5. The van der Waals surface area contributed by atoms with Gasteiger partial charge in [-0.05, 0) is 24.3 Å². The van der Waals surface area contributed by atoms with Gasteiger partial charge in [-0.1, -0.05) is 34.8 Å². The Balaban J connectivity index is 2.09. The summed E-state index contributed by atoms with van der Waals surface area (Å²) in [5.41, 5.74) is -0.0319. The molecule has 0 bridgehead atoms. The minimum atomic E-state index is -0.756. The van der Waals surface area contributed by atoms with Gasteiger partial charge in [0.2, 0.25) is 5.76 Å². The predicted octanol–water partition coefficient (Wildman–Crippen LogP) is 4.38. The molecule has 0 aliphatic heterocycles. The molecule has 1 aromatic heterocycles. The molecular formula is C14H9Cl3O5. The summed E-state index contributed by atoms with van der Waals surface area (Å²) in [6, 6.07) is 5.81. The molecule has 0 fully saturated rings. The third kappa shape index (κ3) is 3.55. The van der Waals surface area contributed by atoms with E-state index in [4.69, 9.17) is 44.0 Å². The largest absolute Gasteiger partial charge is 0.463 e. The second-order valence-electron chi connectivity index (χ2n) is 4.05. The van der Waals surface area contributed by atoms with Gasteiger partial charge in [0.1, 0.15) is 12.4 Å². The van der Waals surface area contributed by atoms with Crippen molar-refractivity contribution in [2.45, 2.75) is 6.61 Å². The molecule has 0 radical (unpaired) electrons. The monoisotopic (exact) mass is 362 g/mol. The number of furan rings is 1. The topological polar surface area (TPSA) is 65.7 Å². The Morgan fingerprint density at radius 2 is 1.73 bits per heavy atom. The average Bonchev–Trinajstić information content (AvgIpc) is 2.97. The minimum Gasteiger partial charge on any atom is -0.463 e. The van der Waals surface area contributed by atoms with Gasteiger partial charge in [-0.2, -0.15) is 0 Å². The van der Waals surface area contributed by atoms with Crippen molar-refractivity contribution in [3.05, 3.63) is 56.4 Å². The van der Waals surface area contributed by atoms with Crippen LogP contribution in [0.2, 0.25) is 15.1 Å². The fourth-order valence-electron chi connectivity index (χ4n) is 1.59. The first kappa shape index (κ1) is 16.7. The number of benzene rings is 1. The maximum absolute atomic E-state index is 12.0. The number of carbonyl (C=O) groups excluding carboxylic acids is 2. The zero-order chi connectivity index (χ0) is 16.3. The second-order valence-corrected chi connectivity index (χ2v) is 5.24. The Morgan fingerprint density at radius 3 is 2.41 bits per heavy atom. The molecule has 2 rings (SSSR count). The van der Waals surface area contributed by atoms with Gasteiger partial charge >= 0.3 is 11.9 Å². The van der Waals surface area contributed by atoms with Crippen LogP contribution in [0.1, 0.15) is 26.7 Å². The quantitative estimate of drug-likeness (QED) is 0.595. The van der Waals surface area contributed by atoms with E-state index in [0.29, 0.717) is 0 Å². The highest BCUT2D eigenvalue weighted by molar-refractivity contribution is 6.46. The van der Waals surface area contributed by atoms with Crippen molar-refractivity contribution in [1.29, 1.82) is 0 Å². The molecule has 0 atom stereocenters. The Labute approximate surface area is 140 Å². The van der Waals surface area contributed by atoms with Crippen LogP contribution in [0.25, 0.3) is 0 Å². The van der Waals surface area contributed by atoms with E-state index in [9.17, 15) is 9.59 Å². The summed E-state index contributed by atoms with van der Waals surface area (Å²) < 4.78 is 14.7. The molecule has 0 amide bonds. The first-order valence-corrected chi connectivity index (χ1v) is 7.05. The molecule has 0 saturated heterocycles. The number of methoxy groups -OCH3 is 1. The van der Waals surface area contributed by atoms with Crippen molar-refractivity contribution in [3.8, 4) is 0 Å². The molecule has 0 unspecified atom stereocenters. The van der Waals surface area contributed by atoms with E-state index in [2.05, 4.69) is 4.74 Å². The molecule has 0 aliphatic rings. The standard InChI is InChI=1S/C14H9Cl3O5/c1-20-13(18)10-5-2-7(22-10)6-21-14(19)11-8(15)3-4-9(16)12(11)17/h2-5H,6H2,1H3. The number of hydrogen-bond donors (Lipinski definition) is 0. The maximum atomic E-state index is 12.0. The Hall–Kier alpha value is -1.69. The molecule has 22 heavy (non-hydrogen) atoms. The molecule has 1 heterocycles. The van der Waals surface area contributed by atoms with Crippen LogP contribution in [0.4, 0.5) is 0 Å². The third-order valence-electron chi connectivity index (χ3n) is 2.64. The fraction of sp³-hybridized carbons (Fsp3) is 0.143. The Morgan fingerprint density at radius 1 is 1.05 bits per heavy atom. The van der Waals surface area contributed by atoms with Crippen molar-refractivity contribution < 1.29 is 23.5 Å². The smallest absolute Gasteiger partial charge is 0.373 e. The highest BCUT2D eigenvalue weighted by Gasteiger charge is 2.19. The summed E-state index contributed by atoms with van der Waals surface area (Å²) in [7, 11) is 1.23. The first-order chi connectivity index (χ1) is 10.4. The summed E-state index contributed by atoms with van der Waals surface area (Å²) in [4.78, 5) is 23.3. The SMILES string of the molecule is COC(=O)c1ccc(COC(=O)c2c(Cl)ccc(Cl)c2Cl)o1. The predicted molar refractivity (Wildman–Crippen MR) is 80.6 cm³/mol. The van der Waals surface area contributed by atoms with Crippen molar-refractivity contribution >= 4 is 46.7 Å². The normalized spacial score (nSPS) is 10.4. The van der Waals surface area contributed by atoms with Gasteiger partial charge < -0.3 is 13.9 Å². The number of halogens is 3. The molecule has 1 aromatic carbocycles. The molecule has 116 valence electrons. The summed E-state index contributed by atoms with van der Waals surface area (Å²) in [5, 5.41) is 0.312. The average molecular weight is 364 g/mol. The van der Waals surface area contributed by atoms with Crippen LogP contribution >= 0.6 is 34.8 Å². The molecule has 0 spiro atoms. The molecular weight excluding hydrogens is 355 g/mol. The molecule has 8 heteroatoms. The van der Waals surface area contributed by atoms with Crippen LogP contribution < -0.4 is 0 Å². The van der Waals surface area contributed by atoms with Crippen molar-refractivity contribution in [1.82, 2.24) is 0 Å².